The summed E-state index contributed by atoms with van der Waals surface area (Å²) in [6, 6.07) is 5.40. The van der Waals surface area contributed by atoms with Gasteiger partial charge in [0.15, 0.2) is 0 Å². The van der Waals surface area contributed by atoms with Crippen molar-refractivity contribution in [2.24, 2.45) is 0 Å². The minimum absolute atomic E-state index is 0.140. The number of halogens is 1. The lowest BCUT2D eigenvalue weighted by Gasteiger charge is -2.31. The summed E-state index contributed by atoms with van der Waals surface area (Å²) in [5.74, 6) is -1.41. The van der Waals surface area contributed by atoms with Crippen LogP contribution in [-0.4, -0.2) is 47.8 Å². The van der Waals surface area contributed by atoms with Gasteiger partial charge in [0.05, 0.1) is 6.10 Å². The molecule has 1 heterocycles. The maximum atomic E-state index is 13.0. The number of hydrogen-bond donors (Lipinski definition) is 2. The van der Waals surface area contributed by atoms with Crippen molar-refractivity contribution in [2.45, 2.75) is 18.9 Å². The Hall–Kier alpha value is -2.15. The van der Waals surface area contributed by atoms with Crippen LogP contribution in [0.3, 0.4) is 0 Å². The smallest absolute Gasteiger partial charge is 0.329 e. The number of ether oxygens (including phenoxy) is 1. The molecule has 2 N–H and O–H groups in total. The second-order valence-electron chi connectivity index (χ2n) is 4.83. The van der Waals surface area contributed by atoms with E-state index in [9.17, 15) is 14.0 Å². The molecule has 0 unspecified atom stereocenters. The van der Waals surface area contributed by atoms with E-state index < -0.39 is 11.8 Å². The third-order valence-corrected chi connectivity index (χ3v) is 3.25. The number of aliphatic carboxylic acids is 1. The van der Waals surface area contributed by atoms with E-state index in [0.29, 0.717) is 31.6 Å². The molecule has 1 aromatic carbocycles. The fraction of sp³-hybridized carbons (Fsp3) is 0.429. The summed E-state index contributed by atoms with van der Waals surface area (Å²) in [5, 5.41) is 11.2. The molecule has 0 saturated carbocycles. The van der Waals surface area contributed by atoms with E-state index in [1.54, 1.807) is 11.0 Å². The number of likely N-dealkylation sites (tertiary alicyclic amines) is 1. The number of carboxylic acids is 1. The molecule has 0 atom stereocenters. The van der Waals surface area contributed by atoms with Crippen LogP contribution in [0, 0.1) is 5.82 Å². The number of nitrogens with zero attached hydrogens (tertiary/aromatic N) is 1. The molecule has 1 aliphatic heterocycles. The predicted octanol–water partition coefficient (Wildman–Crippen LogP) is 1.92. The lowest BCUT2D eigenvalue weighted by Crippen LogP contribution is -2.43. The van der Waals surface area contributed by atoms with Crippen molar-refractivity contribution in [3.63, 3.8) is 0 Å². The molecule has 21 heavy (non-hydrogen) atoms. The first kappa shape index (κ1) is 15.2. The molecule has 7 heteroatoms. The number of rotatable bonds is 4. The Balaban J connectivity index is 1.79. The Kier molecular flexibility index (Phi) is 5.10. The predicted molar refractivity (Wildman–Crippen MR) is 73.6 cm³/mol. The number of carbonyl (C=O) groups is 2. The lowest BCUT2D eigenvalue weighted by molar-refractivity contribution is -0.145. The van der Waals surface area contributed by atoms with E-state index in [-0.39, 0.29) is 18.7 Å². The van der Waals surface area contributed by atoms with Crippen LogP contribution in [0.5, 0.6) is 0 Å². The Labute approximate surface area is 121 Å². The van der Waals surface area contributed by atoms with E-state index in [1.807, 2.05) is 0 Å². The van der Waals surface area contributed by atoms with Crippen molar-refractivity contribution in [2.75, 3.05) is 25.0 Å². The van der Waals surface area contributed by atoms with Crippen molar-refractivity contribution >= 4 is 17.7 Å². The SMILES string of the molecule is O=C(O)COC1CCN(C(=O)Nc2cccc(F)c2)CC1. The molecule has 2 rings (SSSR count). The molecule has 1 saturated heterocycles. The standard InChI is InChI=1S/C14H17FN2O4/c15-10-2-1-3-11(8-10)16-14(20)17-6-4-12(5-7-17)21-9-13(18)19/h1-3,8,12H,4-7,9H2,(H,16,20)(H,18,19). The largest absolute Gasteiger partial charge is 0.480 e. The molecule has 1 fully saturated rings. The number of amides is 2. The Morgan fingerprint density at radius 2 is 2.10 bits per heavy atom. The van der Waals surface area contributed by atoms with Gasteiger partial charge in [0.25, 0.3) is 0 Å². The van der Waals surface area contributed by atoms with E-state index in [2.05, 4.69) is 5.32 Å². The number of anilines is 1. The number of hydrogen-bond acceptors (Lipinski definition) is 3. The topological polar surface area (TPSA) is 78.9 Å². The number of piperidine rings is 1. The van der Waals surface area contributed by atoms with Gasteiger partial charge < -0.3 is 20.1 Å². The van der Waals surface area contributed by atoms with Gasteiger partial charge in [-0.15, -0.1) is 0 Å². The number of nitrogens with one attached hydrogen (secondary N) is 1. The van der Waals surface area contributed by atoms with E-state index in [4.69, 9.17) is 9.84 Å². The van der Waals surface area contributed by atoms with Crippen LogP contribution in [0.1, 0.15) is 12.8 Å². The first-order valence-electron chi connectivity index (χ1n) is 6.69. The number of benzene rings is 1. The molecule has 1 aliphatic rings. The number of urea groups is 1. The molecule has 1 aromatic rings. The second-order valence-corrected chi connectivity index (χ2v) is 4.83. The van der Waals surface area contributed by atoms with Crippen molar-refractivity contribution < 1.29 is 23.8 Å². The van der Waals surface area contributed by atoms with Crippen LogP contribution in [0.4, 0.5) is 14.9 Å². The highest BCUT2D eigenvalue weighted by atomic mass is 19.1. The summed E-state index contributed by atoms with van der Waals surface area (Å²) in [6.45, 7) is 0.636. The Morgan fingerprint density at radius 1 is 1.38 bits per heavy atom. The summed E-state index contributed by atoms with van der Waals surface area (Å²) >= 11 is 0. The van der Waals surface area contributed by atoms with Crippen molar-refractivity contribution in [1.29, 1.82) is 0 Å². The van der Waals surface area contributed by atoms with Crippen LogP contribution in [0.25, 0.3) is 0 Å². The molecule has 0 radical (unpaired) electrons. The highest BCUT2D eigenvalue weighted by Gasteiger charge is 2.23. The zero-order valence-corrected chi connectivity index (χ0v) is 11.4. The fourth-order valence-corrected chi connectivity index (χ4v) is 2.18. The van der Waals surface area contributed by atoms with Gasteiger partial charge in [0, 0.05) is 18.8 Å². The lowest BCUT2D eigenvalue weighted by atomic mass is 10.1. The van der Waals surface area contributed by atoms with Gasteiger partial charge in [-0.1, -0.05) is 6.07 Å². The van der Waals surface area contributed by atoms with Crippen LogP contribution in [0.2, 0.25) is 0 Å². The summed E-state index contributed by atoms with van der Waals surface area (Å²) in [7, 11) is 0. The Morgan fingerprint density at radius 3 is 2.71 bits per heavy atom. The first-order chi connectivity index (χ1) is 10.0. The fourth-order valence-electron chi connectivity index (χ4n) is 2.18. The van der Waals surface area contributed by atoms with Crippen molar-refractivity contribution in [3.8, 4) is 0 Å². The van der Waals surface area contributed by atoms with Gasteiger partial charge in [-0.25, -0.2) is 14.0 Å². The van der Waals surface area contributed by atoms with Gasteiger partial charge >= 0.3 is 12.0 Å². The van der Waals surface area contributed by atoms with Gasteiger partial charge in [0.2, 0.25) is 0 Å². The summed E-state index contributed by atoms with van der Waals surface area (Å²) in [5.41, 5.74) is 0.407. The molecular formula is C14H17FN2O4. The summed E-state index contributed by atoms with van der Waals surface area (Å²) < 4.78 is 18.2. The number of carbonyl (C=O) groups excluding carboxylic acids is 1. The molecule has 0 bridgehead atoms. The quantitative estimate of drug-likeness (QED) is 0.889. The zero-order valence-electron chi connectivity index (χ0n) is 11.4. The van der Waals surface area contributed by atoms with Gasteiger partial charge in [-0.05, 0) is 31.0 Å². The van der Waals surface area contributed by atoms with E-state index >= 15 is 0 Å². The Bertz CT molecular complexity index is 515. The molecule has 0 aromatic heterocycles. The molecular weight excluding hydrogens is 279 g/mol. The van der Waals surface area contributed by atoms with E-state index in [1.165, 1.54) is 18.2 Å². The average molecular weight is 296 g/mol. The third kappa shape index (κ3) is 4.71. The summed E-state index contributed by atoms with van der Waals surface area (Å²) in [4.78, 5) is 24.0. The first-order valence-corrected chi connectivity index (χ1v) is 6.69. The average Bonchev–Trinajstić information content (AvgIpc) is 2.45. The zero-order chi connectivity index (χ0) is 15.2. The van der Waals surface area contributed by atoms with Crippen LogP contribution in [-0.2, 0) is 9.53 Å². The molecule has 2 amide bonds. The second kappa shape index (κ2) is 7.03. The van der Waals surface area contributed by atoms with Crippen molar-refractivity contribution in [3.05, 3.63) is 30.1 Å². The highest BCUT2D eigenvalue weighted by Crippen LogP contribution is 2.16. The van der Waals surface area contributed by atoms with Crippen molar-refractivity contribution in [1.82, 2.24) is 4.90 Å². The highest BCUT2D eigenvalue weighted by molar-refractivity contribution is 5.89. The normalized spacial score (nSPS) is 15.8. The summed E-state index contributed by atoms with van der Waals surface area (Å²) in [6.07, 6.45) is 1.03. The monoisotopic (exact) mass is 296 g/mol. The maximum Gasteiger partial charge on any atom is 0.329 e. The van der Waals surface area contributed by atoms with Crippen LogP contribution in [0.15, 0.2) is 24.3 Å². The van der Waals surface area contributed by atoms with Gasteiger partial charge in [-0.2, -0.15) is 0 Å². The van der Waals surface area contributed by atoms with Crippen LogP contribution >= 0.6 is 0 Å². The van der Waals surface area contributed by atoms with Gasteiger partial charge in [-0.3, -0.25) is 0 Å². The maximum absolute atomic E-state index is 13.0. The molecule has 114 valence electrons. The molecule has 6 nitrogen and oxygen atoms in total. The van der Waals surface area contributed by atoms with Gasteiger partial charge in [0.1, 0.15) is 12.4 Å². The third-order valence-electron chi connectivity index (χ3n) is 3.25. The minimum Gasteiger partial charge on any atom is -0.480 e. The van der Waals surface area contributed by atoms with Crippen LogP contribution < -0.4 is 5.32 Å². The number of carboxylic acid groups (broad SMARTS) is 1. The van der Waals surface area contributed by atoms with E-state index in [0.717, 1.165) is 0 Å². The molecule has 0 aliphatic carbocycles. The molecule has 0 spiro atoms. The minimum atomic E-state index is -0.999.